The first-order valence-electron chi connectivity index (χ1n) is 2.53. The number of hydrogen-bond acceptors (Lipinski definition) is 5. The second-order valence-electron chi connectivity index (χ2n) is 1.88. The van der Waals surface area contributed by atoms with Gasteiger partial charge >= 0.3 is 51.4 Å². The molecule has 0 saturated heterocycles. The third-order valence-electron chi connectivity index (χ3n) is 1.18. The quantitative estimate of drug-likeness (QED) is 0.169. The van der Waals surface area contributed by atoms with Crippen molar-refractivity contribution >= 4 is 15.8 Å². The van der Waals surface area contributed by atoms with Crippen LogP contribution in [0.3, 0.4) is 0 Å². The first-order valence-corrected chi connectivity index (χ1v) is 4.00. The van der Waals surface area contributed by atoms with Crippen molar-refractivity contribution in [3.8, 4) is 0 Å². The molecule has 0 rings (SSSR count). The van der Waals surface area contributed by atoms with E-state index in [1.807, 2.05) is 0 Å². The molecule has 0 bridgehead atoms. The minimum Gasteiger partial charge on any atom is -0.747 e. The molecule has 1 atom stereocenters. The molecule has 0 saturated carbocycles. The van der Waals surface area contributed by atoms with Crippen molar-refractivity contribution in [1.82, 2.24) is 0 Å². The van der Waals surface area contributed by atoms with Gasteiger partial charge in [0.25, 0.3) is 0 Å². The average Bonchev–Trinajstić information content (AvgIpc) is 1.83. The van der Waals surface area contributed by atoms with Gasteiger partial charge in [-0.05, 0) is 13.8 Å². The summed E-state index contributed by atoms with van der Waals surface area (Å²) in [5.41, 5.74) is -0.102. The third kappa shape index (κ3) is 5.29. The van der Waals surface area contributed by atoms with Crippen LogP contribution in [0.4, 0.5) is 0 Å². The van der Waals surface area contributed by atoms with E-state index in [4.69, 9.17) is 5.21 Å². The van der Waals surface area contributed by atoms with Gasteiger partial charge in [-0.1, -0.05) is 5.16 Å². The van der Waals surface area contributed by atoms with E-state index < -0.39 is 15.4 Å². The van der Waals surface area contributed by atoms with Crippen molar-refractivity contribution in [3.63, 3.8) is 0 Å². The van der Waals surface area contributed by atoms with Crippen LogP contribution in [0.2, 0.25) is 0 Å². The molecule has 0 radical (unpaired) electrons. The summed E-state index contributed by atoms with van der Waals surface area (Å²) in [5, 5.41) is 9.39. The molecule has 0 aliphatic heterocycles. The molecule has 0 aromatic carbocycles. The molecule has 0 spiro atoms. The van der Waals surface area contributed by atoms with Crippen LogP contribution < -0.4 is 51.4 Å². The number of hydrogen-bond donors (Lipinski definition) is 1. The average molecular weight is 205 g/mol. The van der Waals surface area contributed by atoms with Crippen LogP contribution >= 0.6 is 0 Å². The van der Waals surface area contributed by atoms with Crippen molar-refractivity contribution in [2.45, 2.75) is 19.1 Å². The van der Waals surface area contributed by atoms with E-state index in [0.717, 1.165) is 6.92 Å². The van der Waals surface area contributed by atoms with E-state index in [0.29, 0.717) is 0 Å². The molecule has 7 heteroatoms. The van der Waals surface area contributed by atoms with E-state index >= 15 is 0 Å². The fourth-order valence-corrected chi connectivity index (χ4v) is 0.755. The van der Waals surface area contributed by atoms with Gasteiger partial charge in [0.2, 0.25) is 0 Å². The molecule has 0 fully saturated rings. The minimum atomic E-state index is -4.35. The second kappa shape index (κ2) is 5.63. The van der Waals surface area contributed by atoms with Gasteiger partial charge in [-0.3, -0.25) is 0 Å². The van der Waals surface area contributed by atoms with E-state index in [9.17, 15) is 13.0 Å². The molecule has 0 aromatic rings. The largest absolute Gasteiger partial charge is 1.00 e. The molecule has 11 heavy (non-hydrogen) atoms. The maximum absolute atomic E-state index is 10.2. The van der Waals surface area contributed by atoms with Crippen molar-refractivity contribution < 1.29 is 69.6 Å². The fourth-order valence-electron chi connectivity index (χ4n) is 0.290. The molecule has 0 aliphatic rings. The van der Waals surface area contributed by atoms with Gasteiger partial charge in [0.1, 0.15) is 10.1 Å². The topological polar surface area (TPSA) is 89.8 Å². The monoisotopic (exact) mass is 205 g/mol. The number of oxime groups is 1. The zero-order valence-electron chi connectivity index (χ0n) is 6.60. The molecule has 1 N–H and O–H groups in total. The molecular weight excluding hydrogens is 197 g/mol. The van der Waals surface area contributed by atoms with Crippen LogP contribution in [0.25, 0.3) is 0 Å². The van der Waals surface area contributed by atoms with Gasteiger partial charge in [-0.2, -0.15) is 0 Å². The Morgan fingerprint density at radius 1 is 1.64 bits per heavy atom. The first-order chi connectivity index (χ1) is 4.39. The summed E-state index contributed by atoms with van der Waals surface area (Å²) in [5.74, 6) is 0. The molecule has 60 valence electrons. The molecule has 0 amide bonds. The molecule has 0 aliphatic carbocycles. The Balaban J connectivity index is 0. The summed E-state index contributed by atoms with van der Waals surface area (Å²) in [6.45, 7) is 2.43. The minimum absolute atomic E-state index is 0. The van der Waals surface area contributed by atoms with Crippen LogP contribution in [-0.4, -0.2) is 29.1 Å². The first kappa shape index (κ1) is 14.5. The maximum Gasteiger partial charge on any atom is 1.00 e. The summed E-state index contributed by atoms with van der Waals surface area (Å²) < 4.78 is 30.6. The molecule has 0 aromatic heterocycles. The number of rotatable bonds is 2. The van der Waals surface area contributed by atoms with Crippen LogP contribution in [-0.2, 0) is 10.1 Å². The van der Waals surface area contributed by atoms with E-state index in [1.54, 1.807) is 0 Å². The van der Waals surface area contributed by atoms with Crippen LogP contribution in [0.5, 0.6) is 0 Å². The van der Waals surface area contributed by atoms with E-state index in [-0.39, 0.29) is 57.1 Å². The normalized spacial score (nSPS) is 15.4. The van der Waals surface area contributed by atoms with Crippen molar-refractivity contribution in [2.24, 2.45) is 5.16 Å². The van der Waals surface area contributed by atoms with Gasteiger partial charge in [-0.25, -0.2) is 8.42 Å². The van der Waals surface area contributed by atoms with Gasteiger partial charge < -0.3 is 9.76 Å². The summed E-state index contributed by atoms with van der Waals surface area (Å²) in [6, 6.07) is 0. The van der Waals surface area contributed by atoms with Gasteiger partial charge in [-0.15, -0.1) is 0 Å². The molecular formula is C4H8KNO4S. The smallest absolute Gasteiger partial charge is 0.747 e. The Morgan fingerprint density at radius 3 is 2.09 bits per heavy atom. The van der Waals surface area contributed by atoms with Crippen LogP contribution in [0.1, 0.15) is 13.8 Å². The predicted octanol–water partition coefficient (Wildman–Crippen LogP) is -3.23. The Kier molecular flexibility index (Phi) is 7.43. The SMILES string of the molecule is CC(=NO)C(C)S(=O)(=O)[O-].[K+]. The standard InChI is InChI=1S/C4H9NO4S.K/c1-3(5-6)4(2)10(7,8)9;/h4,6H,1-2H3,(H,7,8,9);/q;+1/p-1. The molecule has 0 heterocycles. The number of nitrogens with zero attached hydrogens (tertiary/aromatic N) is 1. The van der Waals surface area contributed by atoms with Gasteiger partial charge in [0, 0.05) is 0 Å². The Morgan fingerprint density at radius 2 is 2.00 bits per heavy atom. The van der Waals surface area contributed by atoms with E-state index in [1.165, 1.54) is 6.92 Å². The zero-order chi connectivity index (χ0) is 8.36. The van der Waals surface area contributed by atoms with Crippen LogP contribution in [0.15, 0.2) is 5.16 Å². The maximum atomic E-state index is 10.2. The summed E-state index contributed by atoms with van der Waals surface area (Å²) in [7, 11) is -4.35. The summed E-state index contributed by atoms with van der Waals surface area (Å²) in [6.07, 6.45) is 0. The Hall–Kier alpha value is 1.02. The second-order valence-corrected chi connectivity index (χ2v) is 3.57. The Labute approximate surface area is 108 Å². The predicted molar refractivity (Wildman–Crippen MR) is 34.1 cm³/mol. The van der Waals surface area contributed by atoms with Crippen molar-refractivity contribution in [1.29, 1.82) is 0 Å². The summed E-state index contributed by atoms with van der Waals surface area (Å²) >= 11 is 0. The fraction of sp³-hybridized carbons (Fsp3) is 0.750. The molecule has 1 unspecified atom stereocenters. The van der Waals surface area contributed by atoms with Gasteiger partial charge in [0.05, 0.1) is 11.0 Å². The van der Waals surface area contributed by atoms with Crippen molar-refractivity contribution in [3.05, 3.63) is 0 Å². The molecule has 5 nitrogen and oxygen atoms in total. The Bertz CT molecular complexity index is 234. The summed E-state index contributed by atoms with van der Waals surface area (Å²) in [4.78, 5) is 0. The van der Waals surface area contributed by atoms with Crippen LogP contribution in [0, 0.1) is 0 Å². The van der Waals surface area contributed by atoms with E-state index in [2.05, 4.69) is 5.16 Å². The van der Waals surface area contributed by atoms with Crippen molar-refractivity contribution in [2.75, 3.05) is 0 Å². The van der Waals surface area contributed by atoms with Gasteiger partial charge in [0.15, 0.2) is 0 Å². The zero-order valence-corrected chi connectivity index (χ0v) is 10.5. The third-order valence-corrected chi connectivity index (χ3v) is 2.39.